The summed E-state index contributed by atoms with van der Waals surface area (Å²) >= 11 is 0. The molecule has 1 aliphatic rings. The van der Waals surface area contributed by atoms with Crippen LogP contribution in [0.4, 0.5) is 0 Å². The molecule has 1 saturated heterocycles. The number of nitrogens with zero attached hydrogens (tertiary/aromatic N) is 3. The molecule has 104 valence electrons. The fourth-order valence-electron chi connectivity index (χ4n) is 2.27. The molecule has 1 rings (SSSR count). The van der Waals surface area contributed by atoms with Gasteiger partial charge in [-0.15, -0.1) is 0 Å². The smallest absolute Gasteiger partial charge is 0.0976 e. The van der Waals surface area contributed by atoms with Gasteiger partial charge in [0.2, 0.25) is 0 Å². The van der Waals surface area contributed by atoms with Crippen molar-refractivity contribution in [1.29, 1.82) is 5.26 Å². The normalized spacial score (nSPS) is 19.6. The number of hydrogen-bond acceptors (Lipinski definition) is 4. The molecule has 1 fully saturated rings. The van der Waals surface area contributed by atoms with Crippen LogP contribution in [0, 0.1) is 11.3 Å². The first-order valence-electron chi connectivity index (χ1n) is 7.25. The van der Waals surface area contributed by atoms with E-state index in [2.05, 4.69) is 29.7 Å². The lowest BCUT2D eigenvalue weighted by atomic mass is 10.2. The molecule has 0 spiro atoms. The van der Waals surface area contributed by atoms with E-state index in [1.54, 1.807) is 0 Å². The van der Waals surface area contributed by atoms with Crippen molar-refractivity contribution < 1.29 is 4.74 Å². The Morgan fingerprint density at radius 3 is 2.44 bits per heavy atom. The molecule has 18 heavy (non-hydrogen) atoms. The topological polar surface area (TPSA) is 39.5 Å². The Morgan fingerprint density at radius 1 is 1.17 bits per heavy atom. The molecule has 0 aromatic rings. The van der Waals surface area contributed by atoms with Crippen molar-refractivity contribution in [2.75, 3.05) is 45.9 Å². The van der Waals surface area contributed by atoms with Crippen molar-refractivity contribution in [3.63, 3.8) is 0 Å². The molecule has 0 amide bonds. The van der Waals surface area contributed by atoms with Crippen molar-refractivity contribution in [2.45, 2.75) is 39.2 Å². The maximum Gasteiger partial charge on any atom is 0.0976 e. The molecule has 1 unspecified atom stereocenters. The molecule has 0 radical (unpaired) electrons. The predicted molar refractivity (Wildman–Crippen MR) is 73.4 cm³/mol. The van der Waals surface area contributed by atoms with E-state index in [-0.39, 0.29) is 6.04 Å². The van der Waals surface area contributed by atoms with Crippen LogP contribution in [0.5, 0.6) is 0 Å². The average molecular weight is 253 g/mol. The summed E-state index contributed by atoms with van der Waals surface area (Å²) in [6.45, 7) is 11.2. The van der Waals surface area contributed by atoms with Crippen LogP contribution in [0.25, 0.3) is 0 Å². The van der Waals surface area contributed by atoms with Gasteiger partial charge in [0, 0.05) is 39.3 Å². The lowest BCUT2D eigenvalue weighted by Gasteiger charge is -2.36. The van der Waals surface area contributed by atoms with Crippen molar-refractivity contribution >= 4 is 0 Å². The van der Waals surface area contributed by atoms with E-state index in [0.29, 0.717) is 0 Å². The largest absolute Gasteiger partial charge is 0.380 e. The van der Waals surface area contributed by atoms with Gasteiger partial charge in [-0.05, 0) is 12.8 Å². The van der Waals surface area contributed by atoms with Gasteiger partial charge in [-0.2, -0.15) is 5.26 Å². The van der Waals surface area contributed by atoms with E-state index in [1.165, 1.54) is 6.42 Å². The standard InChI is InChI=1S/C14H27N3O/c1-3-5-11-18-12-10-16-6-8-17(9-7-16)14(4-2)13-15/h14H,3-12H2,1-2H3. The Hall–Kier alpha value is -0.630. The van der Waals surface area contributed by atoms with Crippen LogP contribution < -0.4 is 0 Å². The highest BCUT2D eigenvalue weighted by Crippen LogP contribution is 2.08. The first-order valence-corrected chi connectivity index (χ1v) is 7.25. The third kappa shape index (κ3) is 5.34. The van der Waals surface area contributed by atoms with E-state index in [1.807, 2.05) is 0 Å². The second-order valence-electron chi connectivity index (χ2n) is 4.90. The second-order valence-corrected chi connectivity index (χ2v) is 4.90. The Balaban J connectivity index is 2.10. The highest BCUT2D eigenvalue weighted by atomic mass is 16.5. The summed E-state index contributed by atoms with van der Waals surface area (Å²) in [5.41, 5.74) is 0. The third-order valence-corrected chi connectivity index (χ3v) is 3.58. The second kappa shape index (κ2) is 9.32. The van der Waals surface area contributed by atoms with Crippen LogP contribution in [0.2, 0.25) is 0 Å². The maximum absolute atomic E-state index is 9.04. The minimum atomic E-state index is 0.105. The highest BCUT2D eigenvalue weighted by Gasteiger charge is 2.21. The first kappa shape index (κ1) is 15.4. The van der Waals surface area contributed by atoms with Gasteiger partial charge in [0.15, 0.2) is 0 Å². The van der Waals surface area contributed by atoms with Crippen LogP contribution in [-0.4, -0.2) is 61.8 Å². The molecule has 4 nitrogen and oxygen atoms in total. The first-order chi connectivity index (χ1) is 8.81. The van der Waals surface area contributed by atoms with Gasteiger partial charge in [-0.25, -0.2) is 0 Å². The number of rotatable bonds is 8. The highest BCUT2D eigenvalue weighted by molar-refractivity contribution is 4.92. The lowest BCUT2D eigenvalue weighted by Crippen LogP contribution is -2.50. The third-order valence-electron chi connectivity index (χ3n) is 3.58. The summed E-state index contributed by atoms with van der Waals surface area (Å²) < 4.78 is 5.59. The fourth-order valence-corrected chi connectivity index (χ4v) is 2.27. The van der Waals surface area contributed by atoms with Crippen molar-refractivity contribution in [2.24, 2.45) is 0 Å². The molecule has 1 heterocycles. The van der Waals surface area contributed by atoms with Crippen LogP contribution in [0.1, 0.15) is 33.1 Å². The van der Waals surface area contributed by atoms with Crippen LogP contribution >= 0.6 is 0 Å². The molecule has 0 aromatic carbocycles. The van der Waals surface area contributed by atoms with Crippen molar-refractivity contribution in [3.8, 4) is 6.07 Å². The lowest BCUT2D eigenvalue weighted by molar-refractivity contribution is 0.0673. The van der Waals surface area contributed by atoms with Crippen LogP contribution in [0.15, 0.2) is 0 Å². The molecule has 1 atom stereocenters. The van der Waals surface area contributed by atoms with Gasteiger partial charge in [-0.3, -0.25) is 9.80 Å². The van der Waals surface area contributed by atoms with Gasteiger partial charge in [-0.1, -0.05) is 20.3 Å². The zero-order chi connectivity index (χ0) is 13.2. The number of unbranched alkanes of at least 4 members (excludes halogenated alkanes) is 1. The van der Waals surface area contributed by atoms with Crippen molar-refractivity contribution in [1.82, 2.24) is 9.80 Å². The molecule has 0 saturated carbocycles. The zero-order valence-electron chi connectivity index (χ0n) is 11.9. The molecule has 4 heteroatoms. The summed E-state index contributed by atoms with van der Waals surface area (Å²) in [5, 5.41) is 9.04. The molecule has 0 aliphatic carbocycles. The Morgan fingerprint density at radius 2 is 1.89 bits per heavy atom. The number of hydrogen-bond donors (Lipinski definition) is 0. The van der Waals surface area contributed by atoms with Crippen LogP contribution in [0.3, 0.4) is 0 Å². The average Bonchev–Trinajstić information content (AvgIpc) is 2.41. The quantitative estimate of drug-likeness (QED) is 0.618. The van der Waals surface area contributed by atoms with E-state index in [4.69, 9.17) is 10.00 Å². The Labute approximate surface area is 112 Å². The van der Waals surface area contributed by atoms with E-state index in [0.717, 1.165) is 58.8 Å². The van der Waals surface area contributed by atoms with Gasteiger partial charge >= 0.3 is 0 Å². The summed E-state index contributed by atoms with van der Waals surface area (Å²) in [4.78, 5) is 4.74. The summed E-state index contributed by atoms with van der Waals surface area (Å²) in [7, 11) is 0. The van der Waals surface area contributed by atoms with E-state index in [9.17, 15) is 0 Å². The minimum absolute atomic E-state index is 0.105. The van der Waals surface area contributed by atoms with Gasteiger partial charge in [0.25, 0.3) is 0 Å². The Bertz CT molecular complexity index is 244. The van der Waals surface area contributed by atoms with Crippen molar-refractivity contribution in [3.05, 3.63) is 0 Å². The molecular formula is C14H27N3O. The summed E-state index contributed by atoms with van der Waals surface area (Å²) in [6.07, 6.45) is 3.29. The van der Waals surface area contributed by atoms with E-state index < -0.39 is 0 Å². The molecule has 0 aromatic heterocycles. The van der Waals surface area contributed by atoms with Crippen LogP contribution in [-0.2, 0) is 4.74 Å². The van der Waals surface area contributed by atoms with Gasteiger partial charge in [0.05, 0.1) is 18.7 Å². The van der Waals surface area contributed by atoms with E-state index >= 15 is 0 Å². The minimum Gasteiger partial charge on any atom is -0.380 e. The molecular weight excluding hydrogens is 226 g/mol. The molecule has 0 bridgehead atoms. The number of nitriles is 1. The maximum atomic E-state index is 9.04. The number of ether oxygens (including phenoxy) is 1. The molecule has 1 aliphatic heterocycles. The summed E-state index contributed by atoms with van der Waals surface area (Å²) in [6, 6.07) is 2.49. The monoisotopic (exact) mass is 253 g/mol. The predicted octanol–water partition coefficient (Wildman–Crippen LogP) is 1.72. The SMILES string of the molecule is CCCCOCCN1CCN(C(C#N)CC)CC1. The van der Waals surface area contributed by atoms with Gasteiger partial charge in [0.1, 0.15) is 0 Å². The Kier molecular flexibility index (Phi) is 7.99. The zero-order valence-corrected chi connectivity index (χ0v) is 11.9. The molecule has 0 N–H and O–H groups in total. The number of piperazine rings is 1. The fraction of sp³-hybridized carbons (Fsp3) is 0.929. The van der Waals surface area contributed by atoms with Gasteiger partial charge < -0.3 is 4.74 Å². The summed E-state index contributed by atoms with van der Waals surface area (Å²) in [5.74, 6) is 0.